The summed E-state index contributed by atoms with van der Waals surface area (Å²) in [6.07, 6.45) is -99.0. The van der Waals surface area contributed by atoms with Gasteiger partial charge in [-0.2, -0.15) is 0 Å². The van der Waals surface area contributed by atoms with Gasteiger partial charge in [0.25, 0.3) is 0 Å². The van der Waals surface area contributed by atoms with Crippen LogP contribution >= 0.6 is 0 Å². The molecule has 0 bridgehead atoms. The monoisotopic (exact) mass is 2210 g/mol. The summed E-state index contributed by atoms with van der Waals surface area (Å²) >= 11 is 2.06. The van der Waals surface area contributed by atoms with E-state index >= 15 is 211 Å². The number of benzene rings is 13. The first-order valence-corrected chi connectivity index (χ1v) is 41.1. The maximum atomic E-state index is 15.6. The van der Waals surface area contributed by atoms with Gasteiger partial charge in [0.1, 0.15) is 0 Å². The van der Waals surface area contributed by atoms with Gasteiger partial charge in [-0.25, -0.2) is 0 Å². The average Bonchev–Trinajstić information content (AvgIpc) is 1.50. The van der Waals surface area contributed by atoms with Crippen LogP contribution in [0.25, 0.3) is 89.0 Å². The number of rotatable bonds is 13. The topological polar surface area (TPSA) is 3.24 Å². The summed E-state index contributed by atoms with van der Waals surface area (Å²) in [6, 6.07) is -8.73. The number of hydrogen-bond acceptors (Lipinski definition) is 1. The Kier molecular flexibility index (Phi) is 26.8. The fourth-order valence-electron chi connectivity index (χ4n) is 16.9. The van der Waals surface area contributed by atoms with Crippen molar-refractivity contribution in [1.29, 1.82) is 0 Å². The molecule has 1 aliphatic rings. The molecule has 1 heterocycles. The Labute approximate surface area is 797 Å². The second kappa shape index (κ2) is 36.0. The van der Waals surface area contributed by atoms with E-state index in [1.807, 2.05) is 0 Å². The zero-order valence-corrected chi connectivity index (χ0v) is 72.4. The van der Waals surface area contributed by atoms with E-state index in [-0.39, 0.29) is 180 Å². The Bertz CT molecular complexity index is 5880. The van der Waals surface area contributed by atoms with Crippen molar-refractivity contribution in [2.24, 2.45) is 0 Å². The molecule has 0 amide bonds. The van der Waals surface area contributed by atoms with Crippen molar-refractivity contribution in [2.45, 2.75) is 110 Å². The van der Waals surface area contributed by atoms with Gasteiger partial charge in [-0.1, -0.05) is 0 Å². The fourth-order valence-corrected chi connectivity index (χ4v) is 17.6. The molecule has 0 N–H and O–H groups in total. The van der Waals surface area contributed by atoms with Gasteiger partial charge in [0.2, 0.25) is 0 Å². The maximum absolute atomic E-state index is 15.6. The average molecular weight is 2210 g/mol. The SMILES string of the molecule is FC(F)(F)c1cc(-c2cc(-c3cc(C(F)(F)F)cc(C(F)(F)F)c3)cc(C3(c4cc(-c5cc(C(F)(F)F)cc(C(F)(F)F)c5)cc(-c5cc(C(F)(F)F)cc(C(F)(F)F)c5)c4)c4ccccc4C(c4cc(-c5cc(C(F)(F)F)cc(C(F)(F)F)c5)cc(-c5cc(C(F)(F)F)cc(C(F)(F)F)c5)c4)(c4cc(-c5cc(C(F)(F)F)cc(C(F)(F)F)c5)cc(-c5cc(C(F)(F)F)cc(C(F)(F)F)c5)c4)N3C=[Se])c2)cc(C(F)(F)F)c1. The van der Waals surface area contributed by atoms with Gasteiger partial charge in [0, 0.05) is 0 Å². The minimum absolute atomic E-state index is 0.0573. The molecular formula is C97H41F48NSe. The molecular weight excluding hydrogens is 2170 g/mol. The van der Waals surface area contributed by atoms with Crippen LogP contribution in [0.5, 0.6) is 0 Å². The van der Waals surface area contributed by atoms with Crippen LogP contribution in [-0.4, -0.2) is 25.5 Å². The molecule has 0 atom stereocenters. The number of nitrogens with zero attached hydrogens (tertiary/aromatic N) is 1. The quantitative estimate of drug-likeness (QED) is 0.0821. The summed E-state index contributed by atoms with van der Waals surface area (Å²) in [4.78, 5) is 0.0739. The van der Waals surface area contributed by atoms with Crippen molar-refractivity contribution in [3.05, 3.63) is 365 Å². The van der Waals surface area contributed by atoms with Crippen molar-refractivity contribution in [3.8, 4) is 89.0 Å². The van der Waals surface area contributed by atoms with E-state index in [4.69, 9.17) is 0 Å². The van der Waals surface area contributed by atoms with Gasteiger partial charge < -0.3 is 0 Å². The van der Waals surface area contributed by atoms with Crippen LogP contribution in [0.3, 0.4) is 0 Å². The Morgan fingerprint density at radius 2 is 0.238 bits per heavy atom. The molecule has 1 aliphatic heterocycles. The van der Waals surface area contributed by atoms with Crippen LogP contribution in [0.4, 0.5) is 211 Å². The Balaban J connectivity index is 1.38. The van der Waals surface area contributed by atoms with Crippen molar-refractivity contribution >= 4 is 20.6 Å². The minimum atomic E-state index is -6.19. The molecule has 0 unspecified atom stereocenters. The molecule has 14 rings (SSSR count). The number of fused-ring (bicyclic) bond motifs is 1. The molecule has 0 aromatic heterocycles. The molecule has 0 fully saturated rings. The molecule has 776 valence electrons. The van der Waals surface area contributed by atoms with E-state index in [1.54, 1.807) is 0 Å². The number of alkyl halides is 48. The fraction of sp³-hybridized carbons (Fsp3) is 0.186. The van der Waals surface area contributed by atoms with Gasteiger partial charge in [-0.3, -0.25) is 0 Å². The zero-order chi connectivity index (χ0) is 110. The van der Waals surface area contributed by atoms with E-state index in [0.717, 1.165) is 0 Å². The molecule has 0 radical (unpaired) electrons. The molecule has 0 spiro atoms. The van der Waals surface area contributed by atoms with E-state index < -0.39 is 370 Å². The molecule has 13 aromatic carbocycles. The van der Waals surface area contributed by atoms with Crippen molar-refractivity contribution in [2.75, 3.05) is 0 Å². The van der Waals surface area contributed by atoms with Gasteiger partial charge in [-0.15, -0.1) is 0 Å². The molecule has 1 nitrogen and oxygen atoms in total. The first-order chi connectivity index (χ1) is 66.8. The van der Waals surface area contributed by atoms with Crippen LogP contribution in [0.15, 0.2) is 243 Å². The molecule has 0 aliphatic carbocycles. The van der Waals surface area contributed by atoms with E-state index in [1.165, 1.54) is 0 Å². The molecule has 50 heteroatoms. The van der Waals surface area contributed by atoms with Crippen LogP contribution in [0.2, 0.25) is 0 Å². The number of hydrogen-bond donors (Lipinski definition) is 0. The first-order valence-electron chi connectivity index (χ1n) is 40.1. The Morgan fingerprint density at radius 3 is 0.327 bits per heavy atom. The van der Waals surface area contributed by atoms with Crippen molar-refractivity contribution < 1.29 is 211 Å². The number of halogens is 48. The van der Waals surface area contributed by atoms with Gasteiger partial charge in [0.15, 0.2) is 0 Å². The van der Waals surface area contributed by atoms with Crippen molar-refractivity contribution in [3.63, 3.8) is 0 Å². The summed E-state index contributed by atoms with van der Waals surface area (Å²) in [5.74, 6) is 0. The van der Waals surface area contributed by atoms with E-state index in [2.05, 4.69) is 15.6 Å². The first kappa shape index (κ1) is 109. The van der Waals surface area contributed by atoms with Crippen LogP contribution in [-0.2, 0) is 110 Å². The summed E-state index contributed by atoms with van der Waals surface area (Å²) in [7, 11) is 0. The Hall–Kier alpha value is -13.3. The predicted molar refractivity (Wildman–Crippen MR) is 429 cm³/mol. The second-order valence-electron chi connectivity index (χ2n) is 33.0. The third-order valence-electron chi connectivity index (χ3n) is 23.3. The van der Waals surface area contributed by atoms with Gasteiger partial charge in [-0.05, 0) is 0 Å². The van der Waals surface area contributed by atoms with Crippen LogP contribution in [0.1, 0.15) is 122 Å². The predicted octanol–water partition coefficient (Wildman–Crippen LogP) is 36.2. The molecule has 13 aromatic rings. The van der Waals surface area contributed by atoms with Crippen molar-refractivity contribution in [1.82, 2.24) is 4.90 Å². The second-order valence-corrected chi connectivity index (χ2v) is 33.4. The standard InChI is InChI=1S/C97H41F48NSe/c98-82(99,100)62-17-50(18-63(33-62)83(101,102)103)42-5-43(51-19-64(84(104,105)106)34-65(20-51)85(107,108)109)10-58(9-42)80(59-11-44(52-21-66(86(110,111)112)35-67(22-52)87(113,114)115)6-45(12-59)53-23-68(88(116,117)118)36-69(24-53)89(119,120)121)78-3-1-2-4-79(78)81(146(80)41-147,60-13-46(54-25-70(90(122,123)124)37-71(26-54)91(125,126)127)7-47(14-60)55-27-72(92(128,129)130)38-73(28-55)93(131,132)133)61-15-48(56-29-74(94(134,135)136)39-75(30-56)95(137,138)139)8-49(16-61)57-31-76(96(140,141)142)40-77(32-57)97(143,144)145/h1-41H. The van der Waals surface area contributed by atoms with Gasteiger partial charge in [0.05, 0.1) is 0 Å². The summed E-state index contributed by atoms with van der Waals surface area (Å²) in [5.41, 5.74) is -86.1. The normalized spacial score (nSPS) is 14.7. The van der Waals surface area contributed by atoms with Crippen LogP contribution < -0.4 is 0 Å². The molecule has 0 saturated heterocycles. The van der Waals surface area contributed by atoms with Crippen LogP contribution in [0, 0.1) is 0 Å². The third-order valence-corrected chi connectivity index (χ3v) is 23.7. The van der Waals surface area contributed by atoms with E-state index in [0.29, 0.717) is 24.3 Å². The third kappa shape index (κ3) is 22.2. The summed E-state index contributed by atoms with van der Waals surface area (Å²) in [6.45, 7) is 0. The molecule has 147 heavy (non-hydrogen) atoms. The Morgan fingerprint density at radius 1 is 0.143 bits per heavy atom. The summed E-state index contributed by atoms with van der Waals surface area (Å²) in [5, 5.41) is 0.101. The summed E-state index contributed by atoms with van der Waals surface area (Å²) < 4.78 is 748. The zero-order valence-electron chi connectivity index (χ0n) is 70.7. The van der Waals surface area contributed by atoms with Gasteiger partial charge >= 0.3 is 800 Å². The molecule has 0 saturated carbocycles. The van der Waals surface area contributed by atoms with E-state index in [9.17, 15) is 0 Å².